The molecule has 0 saturated carbocycles. The van der Waals surface area contributed by atoms with Crippen LogP contribution in [0.15, 0.2) is 35.0 Å². The SMILES string of the molecule is COCc1ccc([C@@H]2CCCN2Cc2cc[nH]c2)o1. The Morgan fingerprint density at radius 1 is 1.42 bits per heavy atom. The number of aromatic nitrogens is 1. The molecule has 3 heterocycles. The standard InChI is InChI=1S/C15H20N2O2/c1-18-11-13-4-5-15(19-13)14-3-2-8-17(14)10-12-6-7-16-9-12/h4-7,9,14,16H,2-3,8,10-11H2,1H3/t14-/m0/s1. The molecule has 0 bridgehead atoms. The lowest BCUT2D eigenvalue weighted by atomic mass is 10.1. The van der Waals surface area contributed by atoms with Gasteiger partial charge in [-0.3, -0.25) is 4.90 Å². The average Bonchev–Trinajstić information content (AvgIpc) is 3.11. The smallest absolute Gasteiger partial charge is 0.129 e. The molecule has 2 aromatic rings. The van der Waals surface area contributed by atoms with Crippen LogP contribution >= 0.6 is 0 Å². The molecule has 0 aromatic carbocycles. The van der Waals surface area contributed by atoms with Crippen molar-refractivity contribution in [3.63, 3.8) is 0 Å². The molecule has 1 fully saturated rings. The van der Waals surface area contributed by atoms with Crippen LogP contribution < -0.4 is 0 Å². The normalized spacial score (nSPS) is 20.2. The number of H-pyrrole nitrogens is 1. The van der Waals surface area contributed by atoms with Crippen LogP contribution in [0.3, 0.4) is 0 Å². The van der Waals surface area contributed by atoms with Gasteiger partial charge in [-0.15, -0.1) is 0 Å². The Labute approximate surface area is 113 Å². The van der Waals surface area contributed by atoms with Crippen molar-refractivity contribution in [2.45, 2.75) is 32.0 Å². The van der Waals surface area contributed by atoms with E-state index in [0.29, 0.717) is 12.6 Å². The van der Waals surface area contributed by atoms with E-state index in [1.54, 1.807) is 7.11 Å². The van der Waals surface area contributed by atoms with Crippen LogP contribution in [0.1, 0.15) is 36.0 Å². The summed E-state index contributed by atoms with van der Waals surface area (Å²) in [5, 5.41) is 0. The number of ether oxygens (including phenoxy) is 1. The maximum absolute atomic E-state index is 5.88. The summed E-state index contributed by atoms with van der Waals surface area (Å²) in [5.41, 5.74) is 1.33. The van der Waals surface area contributed by atoms with Crippen LogP contribution in [0, 0.1) is 0 Å². The fraction of sp³-hybridized carbons (Fsp3) is 0.467. The molecular weight excluding hydrogens is 240 g/mol. The maximum atomic E-state index is 5.88. The van der Waals surface area contributed by atoms with Crippen LogP contribution in [0.5, 0.6) is 0 Å². The first-order valence-electron chi connectivity index (χ1n) is 6.80. The molecule has 0 amide bonds. The van der Waals surface area contributed by atoms with Gasteiger partial charge in [0.1, 0.15) is 18.1 Å². The molecule has 4 heteroatoms. The molecule has 1 atom stereocenters. The highest BCUT2D eigenvalue weighted by Crippen LogP contribution is 2.34. The number of rotatable bonds is 5. The monoisotopic (exact) mass is 260 g/mol. The fourth-order valence-electron chi connectivity index (χ4n) is 2.82. The van der Waals surface area contributed by atoms with Gasteiger partial charge in [-0.05, 0) is 43.1 Å². The van der Waals surface area contributed by atoms with Crippen molar-refractivity contribution in [1.29, 1.82) is 0 Å². The zero-order chi connectivity index (χ0) is 13.1. The van der Waals surface area contributed by atoms with Gasteiger partial charge >= 0.3 is 0 Å². The van der Waals surface area contributed by atoms with Crippen molar-refractivity contribution in [1.82, 2.24) is 9.88 Å². The highest BCUT2D eigenvalue weighted by molar-refractivity contribution is 5.14. The zero-order valence-corrected chi connectivity index (χ0v) is 11.3. The van der Waals surface area contributed by atoms with Crippen molar-refractivity contribution < 1.29 is 9.15 Å². The molecule has 0 spiro atoms. The van der Waals surface area contributed by atoms with Crippen molar-refractivity contribution in [3.05, 3.63) is 47.7 Å². The number of furan rings is 1. The van der Waals surface area contributed by atoms with E-state index in [-0.39, 0.29) is 0 Å². The van der Waals surface area contributed by atoms with E-state index in [0.717, 1.165) is 24.6 Å². The number of aromatic amines is 1. The van der Waals surface area contributed by atoms with Crippen LogP contribution in [0.25, 0.3) is 0 Å². The lowest BCUT2D eigenvalue weighted by Crippen LogP contribution is -2.22. The van der Waals surface area contributed by atoms with E-state index in [2.05, 4.69) is 28.2 Å². The molecule has 4 nitrogen and oxygen atoms in total. The summed E-state index contributed by atoms with van der Waals surface area (Å²) in [6.07, 6.45) is 6.44. The summed E-state index contributed by atoms with van der Waals surface area (Å²) in [6, 6.07) is 6.65. The van der Waals surface area contributed by atoms with E-state index >= 15 is 0 Å². The first kappa shape index (κ1) is 12.5. The highest BCUT2D eigenvalue weighted by Gasteiger charge is 2.28. The molecule has 1 aliphatic heterocycles. The number of nitrogens with zero attached hydrogens (tertiary/aromatic N) is 1. The molecule has 3 rings (SSSR count). The van der Waals surface area contributed by atoms with Crippen molar-refractivity contribution in [2.24, 2.45) is 0 Å². The Bertz CT molecular complexity index is 504. The summed E-state index contributed by atoms with van der Waals surface area (Å²) >= 11 is 0. The third kappa shape index (κ3) is 2.74. The van der Waals surface area contributed by atoms with E-state index in [9.17, 15) is 0 Å². The van der Waals surface area contributed by atoms with Gasteiger partial charge in [-0.2, -0.15) is 0 Å². The first-order chi connectivity index (χ1) is 9.36. The first-order valence-corrected chi connectivity index (χ1v) is 6.80. The molecule has 102 valence electrons. The lowest BCUT2D eigenvalue weighted by molar-refractivity contribution is 0.155. The van der Waals surface area contributed by atoms with Crippen molar-refractivity contribution in [2.75, 3.05) is 13.7 Å². The van der Waals surface area contributed by atoms with Gasteiger partial charge in [-0.1, -0.05) is 0 Å². The topological polar surface area (TPSA) is 41.4 Å². The van der Waals surface area contributed by atoms with Gasteiger partial charge in [-0.25, -0.2) is 0 Å². The van der Waals surface area contributed by atoms with Crippen LogP contribution in [-0.2, 0) is 17.9 Å². The number of likely N-dealkylation sites (tertiary alicyclic amines) is 1. The van der Waals surface area contributed by atoms with E-state index < -0.39 is 0 Å². The Balaban J connectivity index is 1.71. The van der Waals surface area contributed by atoms with Crippen LogP contribution in [0.2, 0.25) is 0 Å². The number of nitrogens with one attached hydrogen (secondary N) is 1. The predicted octanol–water partition coefficient (Wildman–Crippen LogP) is 3.09. The molecular formula is C15H20N2O2. The summed E-state index contributed by atoms with van der Waals surface area (Å²) in [4.78, 5) is 5.60. The quantitative estimate of drug-likeness (QED) is 0.898. The molecule has 1 N–H and O–H groups in total. The minimum absolute atomic E-state index is 0.403. The Hall–Kier alpha value is -1.52. The molecule has 0 aliphatic carbocycles. The van der Waals surface area contributed by atoms with E-state index in [1.165, 1.54) is 18.4 Å². The van der Waals surface area contributed by atoms with E-state index in [1.807, 2.05) is 12.3 Å². The third-order valence-corrected chi connectivity index (χ3v) is 3.71. The van der Waals surface area contributed by atoms with Crippen LogP contribution in [-0.4, -0.2) is 23.5 Å². The van der Waals surface area contributed by atoms with Gasteiger partial charge in [0, 0.05) is 26.0 Å². The Morgan fingerprint density at radius 2 is 2.37 bits per heavy atom. The van der Waals surface area contributed by atoms with Gasteiger partial charge < -0.3 is 14.1 Å². The lowest BCUT2D eigenvalue weighted by Gasteiger charge is -2.22. The molecule has 19 heavy (non-hydrogen) atoms. The van der Waals surface area contributed by atoms with Gasteiger partial charge in [0.25, 0.3) is 0 Å². The second-order valence-corrected chi connectivity index (χ2v) is 5.08. The molecule has 2 aromatic heterocycles. The zero-order valence-electron chi connectivity index (χ0n) is 11.3. The minimum Gasteiger partial charge on any atom is -0.462 e. The summed E-state index contributed by atoms with van der Waals surface area (Å²) in [7, 11) is 1.69. The largest absolute Gasteiger partial charge is 0.462 e. The average molecular weight is 260 g/mol. The van der Waals surface area contributed by atoms with Crippen molar-refractivity contribution >= 4 is 0 Å². The van der Waals surface area contributed by atoms with Gasteiger partial charge in [0.15, 0.2) is 0 Å². The molecule has 1 aliphatic rings. The van der Waals surface area contributed by atoms with Crippen molar-refractivity contribution in [3.8, 4) is 0 Å². The number of hydrogen-bond donors (Lipinski definition) is 1. The molecule has 1 saturated heterocycles. The second-order valence-electron chi connectivity index (χ2n) is 5.08. The summed E-state index contributed by atoms with van der Waals surface area (Å²) in [6.45, 7) is 2.66. The summed E-state index contributed by atoms with van der Waals surface area (Å²) < 4.78 is 11.0. The third-order valence-electron chi connectivity index (χ3n) is 3.71. The fourth-order valence-corrected chi connectivity index (χ4v) is 2.82. The van der Waals surface area contributed by atoms with E-state index in [4.69, 9.17) is 9.15 Å². The minimum atomic E-state index is 0.403. The number of methoxy groups -OCH3 is 1. The summed E-state index contributed by atoms with van der Waals surface area (Å²) in [5.74, 6) is 1.98. The molecule has 0 unspecified atom stereocenters. The van der Waals surface area contributed by atoms with Gasteiger partial charge in [0.2, 0.25) is 0 Å². The Morgan fingerprint density at radius 3 is 3.16 bits per heavy atom. The van der Waals surface area contributed by atoms with Crippen LogP contribution in [0.4, 0.5) is 0 Å². The number of hydrogen-bond acceptors (Lipinski definition) is 3. The highest BCUT2D eigenvalue weighted by atomic mass is 16.5. The molecule has 0 radical (unpaired) electrons. The second kappa shape index (κ2) is 5.63. The van der Waals surface area contributed by atoms with Gasteiger partial charge in [0.05, 0.1) is 6.04 Å². The Kier molecular flexibility index (Phi) is 3.71. The maximum Gasteiger partial charge on any atom is 0.129 e. The predicted molar refractivity (Wildman–Crippen MR) is 72.6 cm³/mol.